The molecule has 2 heteroatoms. The summed E-state index contributed by atoms with van der Waals surface area (Å²) in [7, 11) is -1.38. The van der Waals surface area contributed by atoms with Gasteiger partial charge in [0.15, 0.2) is 0 Å². The molecular formula is C16H33NSi. The van der Waals surface area contributed by atoms with Crippen LogP contribution in [0.1, 0.15) is 59.8 Å². The van der Waals surface area contributed by atoms with Crippen LogP contribution in [0.3, 0.4) is 0 Å². The highest BCUT2D eigenvalue weighted by molar-refractivity contribution is 6.77. The van der Waals surface area contributed by atoms with Gasteiger partial charge in [-0.05, 0) is 24.8 Å². The van der Waals surface area contributed by atoms with E-state index < -0.39 is 8.24 Å². The minimum absolute atomic E-state index is 0.450. The van der Waals surface area contributed by atoms with Crippen LogP contribution in [0.2, 0.25) is 18.1 Å². The maximum atomic E-state index is 2.90. The van der Waals surface area contributed by atoms with Crippen LogP contribution in [0, 0.1) is 0 Å². The Kier molecular flexibility index (Phi) is 5.66. The molecule has 0 aromatic carbocycles. The highest BCUT2D eigenvalue weighted by atomic mass is 28.3. The smallest absolute Gasteiger partial charge is 0.128 e. The molecule has 0 amide bonds. The molecule has 1 aliphatic rings. The van der Waals surface area contributed by atoms with E-state index in [0.29, 0.717) is 5.04 Å². The fraction of sp³-hybridized carbons (Fsp3) is 0.875. The molecule has 1 saturated carbocycles. The first-order valence-corrected chi connectivity index (χ1v) is 10.6. The lowest BCUT2D eigenvalue weighted by Gasteiger charge is -2.50. The second kappa shape index (κ2) is 6.38. The van der Waals surface area contributed by atoms with E-state index in [-0.39, 0.29) is 0 Å². The number of allylic oxidation sites excluding steroid dienone is 1. The van der Waals surface area contributed by atoms with Crippen molar-refractivity contribution in [3.8, 4) is 0 Å². The van der Waals surface area contributed by atoms with Gasteiger partial charge in [0.2, 0.25) is 0 Å². The minimum Gasteiger partial charge on any atom is -0.317 e. The van der Waals surface area contributed by atoms with E-state index in [9.17, 15) is 0 Å². The van der Waals surface area contributed by atoms with Crippen molar-refractivity contribution in [1.82, 2.24) is 4.57 Å². The summed E-state index contributed by atoms with van der Waals surface area (Å²) in [6, 6.07) is 0.843. The molecule has 1 aliphatic carbocycles. The zero-order valence-corrected chi connectivity index (χ0v) is 14.4. The van der Waals surface area contributed by atoms with Crippen LogP contribution in [0.4, 0.5) is 0 Å². The quantitative estimate of drug-likeness (QED) is 0.500. The Morgan fingerprint density at radius 3 is 2.11 bits per heavy atom. The third-order valence-corrected chi connectivity index (χ3v) is 10.8. The lowest BCUT2D eigenvalue weighted by atomic mass is 9.95. The molecule has 18 heavy (non-hydrogen) atoms. The summed E-state index contributed by atoms with van der Waals surface area (Å²) in [5, 5.41) is 0.450. The van der Waals surface area contributed by atoms with Crippen molar-refractivity contribution in [3.63, 3.8) is 0 Å². The van der Waals surface area contributed by atoms with Crippen molar-refractivity contribution in [2.24, 2.45) is 0 Å². The van der Waals surface area contributed by atoms with E-state index in [1.807, 2.05) is 0 Å². The fourth-order valence-electron chi connectivity index (χ4n) is 2.88. The number of hydrogen-bond acceptors (Lipinski definition) is 1. The minimum atomic E-state index is -1.38. The monoisotopic (exact) mass is 267 g/mol. The van der Waals surface area contributed by atoms with Crippen LogP contribution in [0.25, 0.3) is 0 Å². The maximum Gasteiger partial charge on any atom is 0.128 e. The second-order valence-electron chi connectivity index (χ2n) is 7.32. The third kappa shape index (κ3) is 3.71. The van der Waals surface area contributed by atoms with Crippen molar-refractivity contribution in [3.05, 3.63) is 12.2 Å². The summed E-state index contributed by atoms with van der Waals surface area (Å²) in [6.45, 7) is 15.7. The van der Waals surface area contributed by atoms with Crippen LogP contribution in [-0.2, 0) is 0 Å². The predicted molar refractivity (Wildman–Crippen MR) is 85.6 cm³/mol. The van der Waals surface area contributed by atoms with Gasteiger partial charge in [0.05, 0.1) is 0 Å². The SMILES string of the molecule is CC=CCN(C1CCCCC1)[Si](C)(C)C(C)(C)C. The van der Waals surface area contributed by atoms with Crippen molar-refractivity contribution in [1.29, 1.82) is 0 Å². The average molecular weight is 268 g/mol. The van der Waals surface area contributed by atoms with Gasteiger partial charge in [0.1, 0.15) is 8.24 Å². The molecule has 0 aliphatic heterocycles. The van der Waals surface area contributed by atoms with E-state index in [0.717, 1.165) is 12.6 Å². The van der Waals surface area contributed by atoms with Crippen molar-refractivity contribution >= 4 is 8.24 Å². The van der Waals surface area contributed by atoms with Gasteiger partial charge in [0, 0.05) is 12.6 Å². The Morgan fingerprint density at radius 2 is 1.67 bits per heavy atom. The van der Waals surface area contributed by atoms with E-state index in [4.69, 9.17) is 0 Å². The van der Waals surface area contributed by atoms with Crippen LogP contribution >= 0.6 is 0 Å². The lowest BCUT2D eigenvalue weighted by molar-refractivity contribution is 0.254. The van der Waals surface area contributed by atoms with Gasteiger partial charge in [-0.3, -0.25) is 0 Å². The Hall–Kier alpha value is -0.0831. The van der Waals surface area contributed by atoms with Gasteiger partial charge < -0.3 is 4.57 Å². The first-order chi connectivity index (χ1) is 8.30. The third-order valence-electron chi connectivity index (χ3n) is 5.11. The van der Waals surface area contributed by atoms with Crippen LogP contribution in [-0.4, -0.2) is 25.4 Å². The Labute approximate surface area is 116 Å². The van der Waals surface area contributed by atoms with E-state index in [2.05, 4.69) is 57.5 Å². The summed E-state index contributed by atoms with van der Waals surface area (Å²) in [6.07, 6.45) is 11.7. The van der Waals surface area contributed by atoms with Gasteiger partial charge in [0.25, 0.3) is 0 Å². The molecular weight excluding hydrogens is 234 g/mol. The predicted octanol–water partition coefficient (Wildman–Crippen LogP) is 5.20. The van der Waals surface area contributed by atoms with Gasteiger partial charge >= 0.3 is 0 Å². The van der Waals surface area contributed by atoms with E-state index in [1.54, 1.807) is 0 Å². The van der Waals surface area contributed by atoms with Crippen molar-refractivity contribution < 1.29 is 0 Å². The van der Waals surface area contributed by atoms with Gasteiger partial charge in [-0.15, -0.1) is 0 Å². The molecule has 0 aromatic heterocycles. The van der Waals surface area contributed by atoms with Gasteiger partial charge in [-0.1, -0.05) is 65.3 Å². The summed E-state index contributed by atoms with van der Waals surface area (Å²) >= 11 is 0. The molecule has 0 atom stereocenters. The Bertz CT molecular complexity index is 269. The molecule has 0 bridgehead atoms. The lowest BCUT2D eigenvalue weighted by Crippen LogP contribution is -2.59. The zero-order chi connectivity index (χ0) is 13.8. The summed E-state index contributed by atoms with van der Waals surface area (Å²) in [5.41, 5.74) is 0. The van der Waals surface area contributed by atoms with Crippen molar-refractivity contribution in [2.75, 3.05) is 6.54 Å². The Balaban J connectivity index is 2.89. The second-order valence-corrected chi connectivity index (χ2v) is 12.5. The largest absolute Gasteiger partial charge is 0.317 e. The van der Waals surface area contributed by atoms with Crippen LogP contribution in [0.5, 0.6) is 0 Å². The molecule has 0 spiro atoms. The molecule has 0 saturated heterocycles. The summed E-state index contributed by atoms with van der Waals surface area (Å²) in [4.78, 5) is 0. The highest BCUT2D eigenvalue weighted by Gasteiger charge is 2.43. The summed E-state index contributed by atoms with van der Waals surface area (Å²) in [5.74, 6) is 0. The van der Waals surface area contributed by atoms with Gasteiger partial charge in [-0.2, -0.15) is 0 Å². The van der Waals surface area contributed by atoms with Crippen molar-refractivity contribution in [2.45, 2.75) is 84.0 Å². The molecule has 0 unspecified atom stereocenters. The standard InChI is InChI=1S/C16H33NSi/c1-7-8-14-17(15-12-10-9-11-13-15)18(5,6)16(2,3)4/h7-8,15H,9-14H2,1-6H3. The van der Waals surface area contributed by atoms with Crippen LogP contribution in [0.15, 0.2) is 12.2 Å². The maximum absolute atomic E-state index is 2.90. The number of hydrogen-bond donors (Lipinski definition) is 0. The molecule has 0 radical (unpaired) electrons. The fourth-order valence-corrected chi connectivity index (χ4v) is 5.47. The Morgan fingerprint density at radius 1 is 1.11 bits per heavy atom. The summed E-state index contributed by atoms with van der Waals surface area (Å²) < 4.78 is 2.90. The molecule has 1 nitrogen and oxygen atoms in total. The zero-order valence-electron chi connectivity index (χ0n) is 13.4. The number of rotatable bonds is 4. The first kappa shape index (κ1) is 16.0. The molecule has 0 N–H and O–H groups in total. The number of nitrogens with zero attached hydrogens (tertiary/aromatic N) is 1. The van der Waals surface area contributed by atoms with E-state index >= 15 is 0 Å². The normalized spacial score (nSPS) is 19.9. The molecule has 0 aromatic rings. The van der Waals surface area contributed by atoms with Gasteiger partial charge in [-0.25, -0.2) is 0 Å². The molecule has 0 heterocycles. The average Bonchev–Trinajstić information content (AvgIpc) is 2.29. The molecule has 1 fully saturated rings. The highest BCUT2D eigenvalue weighted by Crippen LogP contribution is 2.41. The first-order valence-electron chi connectivity index (χ1n) is 7.68. The topological polar surface area (TPSA) is 3.24 Å². The molecule has 106 valence electrons. The van der Waals surface area contributed by atoms with Crippen LogP contribution < -0.4 is 0 Å². The molecule has 1 rings (SSSR count). The van der Waals surface area contributed by atoms with E-state index in [1.165, 1.54) is 32.1 Å².